The van der Waals surface area contributed by atoms with Crippen LogP contribution in [0.15, 0.2) is 0 Å². The predicted molar refractivity (Wildman–Crippen MR) is 90.0 cm³/mol. The van der Waals surface area contributed by atoms with E-state index in [0.29, 0.717) is 13.0 Å². The molecular weight excluding hydrogens is 347 g/mol. The van der Waals surface area contributed by atoms with Gasteiger partial charge in [0.15, 0.2) is 5.92 Å². The molecule has 11 heteroatoms. The first-order chi connectivity index (χ1) is 12.1. The van der Waals surface area contributed by atoms with Crippen molar-refractivity contribution in [2.24, 2.45) is 11.8 Å². The third-order valence-corrected chi connectivity index (χ3v) is 3.74. The molecule has 0 aliphatic carbocycles. The Labute approximate surface area is 151 Å². The maximum Gasteiger partial charge on any atom is 0.551 e. The van der Waals surface area contributed by atoms with Crippen molar-refractivity contribution < 1.29 is 38.7 Å². The summed E-state index contributed by atoms with van der Waals surface area (Å²) in [6, 6.07) is 0. The number of carbonyl (C=O) groups excluding carboxylic acids is 2. The number of carboxylic acids is 2. The number of hydrogen-bond acceptors (Lipinski definition) is 7. The van der Waals surface area contributed by atoms with E-state index in [-0.39, 0.29) is 18.4 Å². The maximum atomic E-state index is 12.1. The number of amides is 1. The zero-order valence-electron chi connectivity index (χ0n) is 15.1. The van der Waals surface area contributed by atoms with Crippen molar-refractivity contribution in [1.29, 1.82) is 0 Å². The van der Waals surface area contributed by atoms with Gasteiger partial charge in [0.25, 0.3) is 0 Å². The molecule has 0 radical (unpaired) electrons. The van der Waals surface area contributed by atoms with Gasteiger partial charge in [0.05, 0.1) is 25.0 Å². The molecule has 10 nitrogen and oxygen atoms in total. The lowest BCUT2D eigenvalue weighted by Gasteiger charge is -2.35. The fraction of sp³-hybridized carbons (Fsp3) is 0.733. The second-order valence-corrected chi connectivity index (χ2v) is 6.48. The molecular formula is C15H25BN2O8. The molecule has 0 aromatic carbocycles. The van der Waals surface area contributed by atoms with Crippen LogP contribution in [0.5, 0.6) is 0 Å². The van der Waals surface area contributed by atoms with E-state index in [1.165, 1.54) is 0 Å². The van der Waals surface area contributed by atoms with Gasteiger partial charge in [-0.25, -0.2) is 0 Å². The summed E-state index contributed by atoms with van der Waals surface area (Å²) in [5.41, 5.74) is 0. The van der Waals surface area contributed by atoms with Crippen molar-refractivity contribution in [3.05, 3.63) is 0 Å². The third kappa shape index (κ3) is 6.64. The molecule has 1 amide bonds. The van der Waals surface area contributed by atoms with Crippen molar-refractivity contribution in [2.45, 2.75) is 45.7 Å². The number of carbonyl (C=O) groups is 4. The van der Waals surface area contributed by atoms with E-state index >= 15 is 0 Å². The highest BCUT2D eigenvalue weighted by Crippen LogP contribution is 2.24. The molecule has 26 heavy (non-hydrogen) atoms. The molecule has 1 aliphatic heterocycles. The highest BCUT2D eigenvalue weighted by molar-refractivity contribution is 6.50. The summed E-state index contributed by atoms with van der Waals surface area (Å²) < 4.78 is 10.5. The van der Waals surface area contributed by atoms with E-state index in [9.17, 15) is 19.2 Å². The number of rotatable bonds is 10. The van der Waals surface area contributed by atoms with Gasteiger partial charge >= 0.3 is 25.0 Å². The molecule has 146 valence electrons. The van der Waals surface area contributed by atoms with Crippen LogP contribution in [0.25, 0.3) is 0 Å². The van der Waals surface area contributed by atoms with Crippen LogP contribution in [0.4, 0.5) is 0 Å². The number of aliphatic carboxylic acids is 2. The first-order valence-electron chi connectivity index (χ1n) is 8.46. The van der Waals surface area contributed by atoms with Gasteiger partial charge in [-0.05, 0) is 18.9 Å². The van der Waals surface area contributed by atoms with Crippen LogP contribution in [0.2, 0.25) is 0 Å². The molecule has 0 aromatic heterocycles. The van der Waals surface area contributed by atoms with E-state index in [0.717, 1.165) is 0 Å². The van der Waals surface area contributed by atoms with Gasteiger partial charge in [0.2, 0.25) is 5.91 Å². The normalized spacial score (nSPS) is 21.2. The number of carboxylic acid groups (broad SMARTS) is 2. The summed E-state index contributed by atoms with van der Waals surface area (Å²) >= 11 is 0. The van der Waals surface area contributed by atoms with Crippen LogP contribution in [0, 0.1) is 11.8 Å². The number of hydrogen-bond donors (Lipinski definition) is 4. The van der Waals surface area contributed by atoms with Crippen LogP contribution in [0.3, 0.4) is 0 Å². The zero-order chi connectivity index (χ0) is 19.9. The van der Waals surface area contributed by atoms with Gasteiger partial charge in [-0.15, -0.1) is 0 Å². The smallest absolute Gasteiger partial charge is 0.508 e. The molecule has 3 atom stereocenters. The number of likely N-dealkylation sites (N-methyl/N-ethyl adjacent to an activating group) is 1. The van der Waals surface area contributed by atoms with Crippen LogP contribution >= 0.6 is 0 Å². The van der Waals surface area contributed by atoms with Crippen molar-refractivity contribution in [3.63, 3.8) is 0 Å². The minimum atomic E-state index is -1.72. The van der Waals surface area contributed by atoms with Gasteiger partial charge in [0.1, 0.15) is 0 Å². The summed E-state index contributed by atoms with van der Waals surface area (Å²) in [5.74, 6) is -6.57. The molecule has 1 fully saturated rings. The second-order valence-electron chi connectivity index (χ2n) is 6.48. The average Bonchev–Trinajstić information content (AvgIpc) is 2.50. The quantitative estimate of drug-likeness (QED) is 0.287. The SMILES string of the molecule is CCNCC(=O)N[C@@H](CC(C)C)B1OC(=O)C(C(=O)O)C(CC(=O)O)O1. The van der Waals surface area contributed by atoms with E-state index in [1.807, 2.05) is 20.8 Å². The van der Waals surface area contributed by atoms with Gasteiger partial charge in [-0.2, -0.15) is 0 Å². The molecule has 0 spiro atoms. The average molecular weight is 372 g/mol. The second kappa shape index (κ2) is 10.1. The Morgan fingerprint density at radius 3 is 2.42 bits per heavy atom. The largest absolute Gasteiger partial charge is 0.551 e. The summed E-state index contributed by atoms with van der Waals surface area (Å²) in [6.07, 6.45) is -1.65. The summed E-state index contributed by atoms with van der Waals surface area (Å²) in [6.45, 7) is 6.28. The summed E-state index contributed by atoms with van der Waals surface area (Å²) in [7, 11) is -1.25. The van der Waals surface area contributed by atoms with E-state index < -0.39 is 49.4 Å². The fourth-order valence-electron chi connectivity index (χ4n) is 2.64. The Morgan fingerprint density at radius 1 is 1.27 bits per heavy atom. The molecule has 0 aromatic rings. The lowest BCUT2D eigenvalue weighted by Crippen LogP contribution is -2.59. The van der Waals surface area contributed by atoms with Crippen LogP contribution in [-0.4, -0.2) is 66.3 Å². The van der Waals surface area contributed by atoms with Crippen LogP contribution in [0.1, 0.15) is 33.6 Å². The van der Waals surface area contributed by atoms with Crippen molar-refractivity contribution in [1.82, 2.24) is 10.6 Å². The fourth-order valence-corrected chi connectivity index (χ4v) is 2.64. The first-order valence-corrected chi connectivity index (χ1v) is 8.46. The van der Waals surface area contributed by atoms with Gasteiger partial charge < -0.3 is 30.2 Å². The number of nitrogens with one attached hydrogen (secondary N) is 2. The highest BCUT2D eigenvalue weighted by Gasteiger charge is 2.50. The minimum Gasteiger partial charge on any atom is -0.508 e. The molecule has 4 N–H and O–H groups in total. The Hall–Kier alpha value is -2.14. The van der Waals surface area contributed by atoms with E-state index in [2.05, 4.69) is 10.6 Å². The van der Waals surface area contributed by atoms with E-state index in [1.54, 1.807) is 0 Å². The standard InChI is InChI=1S/C15H25BN2O8/c1-4-17-7-11(19)18-10(5-8(2)3)16-25-9(6-12(20)21)13(14(22)23)15(24)26-16/h8-10,13,17H,4-7H2,1-3H3,(H,18,19)(H,20,21)(H,22,23)/t9?,10-,13?/m0/s1. The lowest BCUT2D eigenvalue weighted by atomic mass is 9.71. The van der Waals surface area contributed by atoms with Crippen LogP contribution in [-0.2, 0) is 28.5 Å². The van der Waals surface area contributed by atoms with E-state index in [4.69, 9.17) is 19.5 Å². The first kappa shape index (κ1) is 21.9. The van der Waals surface area contributed by atoms with Gasteiger partial charge in [-0.1, -0.05) is 20.8 Å². The van der Waals surface area contributed by atoms with Gasteiger partial charge in [-0.3, -0.25) is 19.2 Å². The minimum absolute atomic E-state index is 0.0576. The molecule has 2 unspecified atom stereocenters. The summed E-state index contributed by atoms with van der Waals surface area (Å²) in [4.78, 5) is 46.3. The summed E-state index contributed by atoms with van der Waals surface area (Å²) in [5, 5.41) is 23.7. The maximum absolute atomic E-state index is 12.1. The van der Waals surface area contributed by atoms with Crippen LogP contribution < -0.4 is 10.6 Å². The third-order valence-electron chi connectivity index (χ3n) is 3.74. The Morgan fingerprint density at radius 2 is 1.92 bits per heavy atom. The Kier molecular flexibility index (Phi) is 8.53. The zero-order valence-corrected chi connectivity index (χ0v) is 15.1. The highest BCUT2D eigenvalue weighted by atomic mass is 16.6. The molecule has 0 bridgehead atoms. The van der Waals surface area contributed by atoms with Crippen molar-refractivity contribution in [2.75, 3.05) is 13.1 Å². The Balaban J connectivity index is 2.94. The molecule has 1 saturated heterocycles. The molecule has 1 rings (SSSR count). The van der Waals surface area contributed by atoms with Crippen molar-refractivity contribution in [3.8, 4) is 0 Å². The molecule has 1 heterocycles. The van der Waals surface area contributed by atoms with Gasteiger partial charge in [0, 0.05) is 0 Å². The molecule has 0 saturated carbocycles. The predicted octanol–water partition coefficient (Wildman–Crippen LogP) is -0.728. The Bertz CT molecular complexity index is 542. The topological polar surface area (TPSA) is 151 Å². The lowest BCUT2D eigenvalue weighted by molar-refractivity contribution is -0.165. The van der Waals surface area contributed by atoms with Crippen molar-refractivity contribution >= 4 is 30.9 Å². The monoisotopic (exact) mass is 372 g/mol. The molecule has 1 aliphatic rings.